The summed E-state index contributed by atoms with van der Waals surface area (Å²) >= 11 is 0. The van der Waals surface area contributed by atoms with Crippen LogP contribution in [-0.2, 0) is 0 Å². The summed E-state index contributed by atoms with van der Waals surface area (Å²) in [6, 6.07) is 19.6. The van der Waals surface area contributed by atoms with Crippen molar-refractivity contribution in [1.82, 2.24) is 14.4 Å². The minimum absolute atomic E-state index is 0.262. The lowest BCUT2D eigenvalue weighted by Gasteiger charge is -2.11. The van der Waals surface area contributed by atoms with Crippen LogP contribution < -0.4 is 5.32 Å². The molecule has 2 aromatic heterocycles. The smallest absolute Gasteiger partial charge is 0.255 e. The highest BCUT2D eigenvalue weighted by Gasteiger charge is 2.15. The Balaban J connectivity index is 1.54. The molecule has 1 N–H and O–H groups in total. The van der Waals surface area contributed by atoms with E-state index in [9.17, 15) is 9.18 Å². The number of fused-ring (bicyclic) bond motifs is 1. The Morgan fingerprint density at radius 1 is 0.939 bits per heavy atom. The molecule has 162 valence electrons. The number of nitrogens with zero attached hydrogens (tertiary/aromatic N) is 3. The normalized spacial score (nSPS) is 11.0. The van der Waals surface area contributed by atoms with Crippen molar-refractivity contribution in [2.45, 2.75) is 13.8 Å². The van der Waals surface area contributed by atoms with Crippen LogP contribution in [0.4, 0.5) is 10.1 Å². The number of benzene rings is 3. The predicted molar refractivity (Wildman–Crippen MR) is 128 cm³/mol. The minimum Gasteiger partial charge on any atom is -0.322 e. The maximum atomic E-state index is 13.2. The molecule has 0 saturated carbocycles. The van der Waals surface area contributed by atoms with Crippen molar-refractivity contribution >= 4 is 17.1 Å². The zero-order valence-electron chi connectivity index (χ0n) is 18.2. The number of carbonyl (C=O) groups is 1. The number of halogens is 1. The van der Waals surface area contributed by atoms with Crippen molar-refractivity contribution in [2.24, 2.45) is 0 Å². The summed E-state index contributed by atoms with van der Waals surface area (Å²) in [7, 11) is 0. The number of amides is 1. The zero-order valence-corrected chi connectivity index (χ0v) is 18.2. The maximum Gasteiger partial charge on any atom is 0.255 e. The zero-order chi connectivity index (χ0) is 22.9. The van der Waals surface area contributed by atoms with Crippen molar-refractivity contribution in [1.29, 1.82) is 0 Å². The number of aromatic nitrogens is 3. The minimum atomic E-state index is -0.351. The second-order valence-corrected chi connectivity index (χ2v) is 7.97. The van der Waals surface area contributed by atoms with E-state index in [1.807, 2.05) is 47.9 Å². The third-order valence-corrected chi connectivity index (χ3v) is 5.59. The highest BCUT2D eigenvalue weighted by molar-refractivity contribution is 6.06. The molecule has 0 bridgehead atoms. The summed E-state index contributed by atoms with van der Waals surface area (Å²) in [6.45, 7) is 3.93. The third-order valence-electron chi connectivity index (χ3n) is 5.59. The molecule has 0 radical (unpaired) electrons. The summed E-state index contributed by atoms with van der Waals surface area (Å²) in [5.41, 5.74) is 6.47. The molecular formula is C27H21FN4O. The van der Waals surface area contributed by atoms with E-state index in [4.69, 9.17) is 0 Å². The van der Waals surface area contributed by atoms with Gasteiger partial charge in [0.2, 0.25) is 0 Å². The van der Waals surface area contributed by atoms with E-state index in [0.717, 1.165) is 39.3 Å². The van der Waals surface area contributed by atoms with Crippen LogP contribution in [0.1, 0.15) is 21.5 Å². The van der Waals surface area contributed by atoms with E-state index in [2.05, 4.69) is 34.3 Å². The van der Waals surface area contributed by atoms with E-state index >= 15 is 0 Å². The van der Waals surface area contributed by atoms with E-state index in [1.54, 1.807) is 12.4 Å². The fourth-order valence-corrected chi connectivity index (χ4v) is 3.89. The Kier molecular flexibility index (Phi) is 5.18. The van der Waals surface area contributed by atoms with Crippen LogP contribution >= 0.6 is 0 Å². The lowest BCUT2D eigenvalue weighted by Crippen LogP contribution is -2.13. The molecule has 0 aliphatic heterocycles. The largest absolute Gasteiger partial charge is 0.322 e. The maximum absolute atomic E-state index is 13.2. The Hall–Kier alpha value is -4.32. The van der Waals surface area contributed by atoms with Gasteiger partial charge in [-0.15, -0.1) is 0 Å². The first-order valence-electron chi connectivity index (χ1n) is 10.6. The Labute approximate surface area is 190 Å². The number of hydrogen-bond donors (Lipinski definition) is 1. The van der Waals surface area contributed by atoms with Gasteiger partial charge in [0.1, 0.15) is 11.6 Å². The fraction of sp³-hybridized carbons (Fsp3) is 0.0741. The van der Waals surface area contributed by atoms with Crippen LogP contribution in [0.2, 0.25) is 0 Å². The highest BCUT2D eigenvalue weighted by Crippen LogP contribution is 2.28. The van der Waals surface area contributed by atoms with Gasteiger partial charge in [-0.2, -0.15) is 0 Å². The third kappa shape index (κ3) is 3.99. The van der Waals surface area contributed by atoms with Gasteiger partial charge in [0.05, 0.1) is 17.4 Å². The number of hydrogen-bond acceptors (Lipinski definition) is 3. The summed E-state index contributed by atoms with van der Waals surface area (Å²) in [6.07, 6.45) is 5.43. The van der Waals surface area contributed by atoms with E-state index in [-0.39, 0.29) is 11.7 Å². The van der Waals surface area contributed by atoms with Crippen LogP contribution in [0, 0.1) is 19.7 Å². The van der Waals surface area contributed by atoms with Crippen molar-refractivity contribution in [3.8, 4) is 22.6 Å². The molecule has 5 aromatic rings. The Morgan fingerprint density at radius 3 is 2.55 bits per heavy atom. The molecule has 5 nitrogen and oxygen atoms in total. The van der Waals surface area contributed by atoms with Gasteiger partial charge in [-0.3, -0.25) is 14.2 Å². The Morgan fingerprint density at radius 2 is 1.76 bits per heavy atom. The summed E-state index contributed by atoms with van der Waals surface area (Å²) in [4.78, 5) is 22.2. The van der Waals surface area contributed by atoms with E-state index in [0.29, 0.717) is 11.3 Å². The van der Waals surface area contributed by atoms with Gasteiger partial charge in [-0.25, -0.2) is 9.37 Å². The monoisotopic (exact) mass is 436 g/mol. The van der Waals surface area contributed by atoms with Crippen molar-refractivity contribution < 1.29 is 9.18 Å². The molecule has 3 aromatic carbocycles. The molecule has 6 heteroatoms. The number of aryl methyl sites for hydroxylation is 2. The molecule has 0 spiro atoms. The molecule has 1 amide bonds. The molecule has 0 aliphatic carbocycles. The van der Waals surface area contributed by atoms with Gasteiger partial charge in [0.25, 0.3) is 5.91 Å². The molecule has 33 heavy (non-hydrogen) atoms. The lowest BCUT2D eigenvalue weighted by molar-refractivity contribution is 0.102. The molecule has 2 heterocycles. The summed E-state index contributed by atoms with van der Waals surface area (Å²) < 4.78 is 15.2. The SMILES string of the molecule is Cc1cccc(-c2ncc3c(-c4ccc(C)c(C(=O)Nc5ccc(F)cc5)c4)nccn23)c1. The van der Waals surface area contributed by atoms with Crippen molar-refractivity contribution in [3.05, 3.63) is 108 Å². The highest BCUT2D eigenvalue weighted by atomic mass is 19.1. The van der Waals surface area contributed by atoms with E-state index < -0.39 is 0 Å². The second-order valence-electron chi connectivity index (χ2n) is 7.97. The molecule has 5 rings (SSSR count). The van der Waals surface area contributed by atoms with Gasteiger partial charge >= 0.3 is 0 Å². The van der Waals surface area contributed by atoms with Gasteiger partial charge in [-0.05, 0) is 55.8 Å². The van der Waals surface area contributed by atoms with Crippen LogP contribution in [0.3, 0.4) is 0 Å². The molecule has 0 saturated heterocycles. The second kappa shape index (κ2) is 8.31. The van der Waals surface area contributed by atoms with Gasteiger partial charge in [-0.1, -0.05) is 35.9 Å². The molecule has 0 fully saturated rings. The molecule has 0 unspecified atom stereocenters. The average Bonchev–Trinajstić information content (AvgIpc) is 3.25. The van der Waals surface area contributed by atoms with Crippen molar-refractivity contribution in [2.75, 3.05) is 5.32 Å². The first-order valence-corrected chi connectivity index (χ1v) is 10.6. The molecule has 0 atom stereocenters. The average molecular weight is 436 g/mol. The predicted octanol–water partition coefficient (Wildman–Crippen LogP) is 6.07. The topological polar surface area (TPSA) is 59.3 Å². The quantitative estimate of drug-likeness (QED) is 0.372. The lowest BCUT2D eigenvalue weighted by atomic mass is 10.0. The number of imidazole rings is 1. The van der Waals surface area contributed by atoms with Gasteiger partial charge in [0, 0.05) is 34.8 Å². The number of rotatable bonds is 4. The standard InChI is InChI=1S/C27H21FN4O/c1-17-4-3-5-20(14-17)26-30-16-24-25(29-12-13-32(24)26)19-7-6-18(2)23(15-19)27(33)31-22-10-8-21(28)9-11-22/h3-16H,1-2H3,(H,31,33). The van der Waals surface area contributed by atoms with Gasteiger partial charge < -0.3 is 5.32 Å². The van der Waals surface area contributed by atoms with Gasteiger partial charge in [0.15, 0.2) is 0 Å². The molecule has 0 aliphatic rings. The number of carbonyl (C=O) groups excluding carboxylic acids is 1. The Bertz CT molecular complexity index is 1490. The summed E-state index contributed by atoms with van der Waals surface area (Å²) in [5, 5.41) is 2.83. The first kappa shape index (κ1) is 20.6. The van der Waals surface area contributed by atoms with Crippen LogP contribution in [0.25, 0.3) is 28.2 Å². The molecular weight excluding hydrogens is 415 g/mol. The van der Waals surface area contributed by atoms with E-state index in [1.165, 1.54) is 24.3 Å². The number of nitrogens with one attached hydrogen (secondary N) is 1. The summed E-state index contributed by atoms with van der Waals surface area (Å²) in [5.74, 6) is 0.219. The van der Waals surface area contributed by atoms with Crippen LogP contribution in [0.15, 0.2) is 85.3 Å². The fourth-order valence-electron chi connectivity index (χ4n) is 3.89. The van der Waals surface area contributed by atoms with Crippen molar-refractivity contribution in [3.63, 3.8) is 0 Å². The van der Waals surface area contributed by atoms with Crippen LogP contribution in [-0.4, -0.2) is 20.3 Å². The first-order chi connectivity index (χ1) is 16.0. The number of anilines is 1. The van der Waals surface area contributed by atoms with Crippen LogP contribution in [0.5, 0.6) is 0 Å².